The molecular weight excluding hydrogens is 369 g/mol. The van der Waals surface area contributed by atoms with Crippen molar-refractivity contribution in [3.05, 3.63) is 35.9 Å². The Morgan fingerprint density at radius 3 is 2.64 bits per heavy atom. The highest BCUT2D eigenvalue weighted by Gasteiger charge is 2.22. The summed E-state index contributed by atoms with van der Waals surface area (Å²) in [6.45, 7) is 1.81. The summed E-state index contributed by atoms with van der Waals surface area (Å²) < 4.78 is 38.4. The molecule has 0 saturated heterocycles. The zero-order chi connectivity index (χ0) is 18.4. The van der Waals surface area contributed by atoms with Crippen LogP contribution in [-0.2, 0) is 14.8 Å². The monoisotopic (exact) mass is 387 g/mol. The maximum absolute atomic E-state index is 12.9. The van der Waals surface area contributed by atoms with Crippen molar-refractivity contribution in [2.75, 3.05) is 25.9 Å². The normalized spacial score (nSPS) is 11.7. The van der Waals surface area contributed by atoms with Crippen LogP contribution in [0.4, 0.5) is 4.39 Å². The molecule has 8 nitrogen and oxygen atoms in total. The van der Waals surface area contributed by atoms with Gasteiger partial charge in [0, 0.05) is 19.3 Å². The van der Waals surface area contributed by atoms with E-state index in [4.69, 9.17) is 0 Å². The number of carbonyl (C=O) groups excluding carboxylic acids is 1. The van der Waals surface area contributed by atoms with E-state index in [1.54, 1.807) is 6.92 Å². The summed E-state index contributed by atoms with van der Waals surface area (Å²) >= 11 is 1.37. The van der Waals surface area contributed by atoms with Crippen LogP contribution >= 0.6 is 11.8 Å². The fraction of sp³-hybridized carbons (Fsp3) is 0.357. The van der Waals surface area contributed by atoms with Gasteiger partial charge < -0.3 is 5.32 Å². The molecule has 0 fully saturated rings. The summed E-state index contributed by atoms with van der Waals surface area (Å²) in [5.74, 6) is 0.301. The van der Waals surface area contributed by atoms with E-state index in [0.29, 0.717) is 23.3 Å². The van der Waals surface area contributed by atoms with Gasteiger partial charge in [0.2, 0.25) is 21.1 Å². The minimum atomic E-state index is -3.85. The molecule has 0 aliphatic carbocycles. The molecule has 2 N–H and O–H groups in total. The number of aromatic nitrogens is 3. The second kappa shape index (κ2) is 8.41. The minimum absolute atomic E-state index is 0.0697. The Kier molecular flexibility index (Phi) is 6.51. The van der Waals surface area contributed by atoms with Crippen molar-refractivity contribution in [3.8, 4) is 0 Å². The molecule has 1 heterocycles. The van der Waals surface area contributed by atoms with Crippen molar-refractivity contribution < 1.29 is 17.6 Å². The molecule has 1 aromatic heterocycles. The Morgan fingerprint density at radius 2 is 2.04 bits per heavy atom. The third-order valence-corrected chi connectivity index (χ3v) is 5.79. The van der Waals surface area contributed by atoms with Gasteiger partial charge in [-0.3, -0.25) is 9.89 Å². The molecule has 0 saturated carbocycles. The van der Waals surface area contributed by atoms with Gasteiger partial charge in [0.25, 0.3) is 0 Å². The quantitative estimate of drug-likeness (QED) is 0.512. The zero-order valence-electron chi connectivity index (χ0n) is 13.7. The molecule has 0 unspecified atom stereocenters. The molecule has 0 spiro atoms. The van der Waals surface area contributed by atoms with Crippen LogP contribution < -0.4 is 5.32 Å². The van der Waals surface area contributed by atoms with Gasteiger partial charge in [0.15, 0.2) is 0 Å². The smallest absolute Gasteiger partial charge is 0.243 e. The molecule has 25 heavy (non-hydrogen) atoms. The lowest BCUT2D eigenvalue weighted by molar-refractivity contribution is -0.121. The number of nitrogens with zero attached hydrogens (tertiary/aromatic N) is 3. The Hall–Kier alpha value is -1.98. The molecule has 0 aliphatic rings. The van der Waals surface area contributed by atoms with Crippen LogP contribution in [0.25, 0.3) is 0 Å². The number of aryl methyl sites for hydroxylation is 1. The van der Waals surface area contributed by atoms with Gasteiger partial charge in [0.05, 0.1) is 11.4 Å². The van der Waals surface area contributed by atoms with Gasteiger partial charge in [-0.1, -0.05) is 11.8 Å². The van der Waals surface area contributed by atoms with Crippen LogP contribution in [-0.4, -0.2) is 59.7 Å². The molecule has 1 amide bonds. The van der Waals surface area contributed by atoms with E-state index < -0.39 is 21.7 Å². The molecule has 0 aliphatic heterocycles. The van der Waals surface area contributed by atoms with Crippen molar-refractivity contribution in [2.45, 2.75) is 17.0 Å². The average Bonchev–Trinajstić information content (AvgIpc) is 2.97. The van der Waals surface area contributed by atoms with E-state index >= 15 is 0 Å². The highest BCUT2D eigenvalue weighted by molar-refractivity contribution is 7.99. The summed E-state index contributed by atoms with van der Waals surface area (Å²) in [4.78, 5) is 15.9. The topological polar surface area (TPSA) is 108 Å². The maximum Gasteiger partial charge on any atom is 0.243 e. The van der Waals surface area contributed by atoms with Gasteiger partial charge in [0.1, 0.15) is 11.6 Å². The van der Waals surface area contributed by atoms with Gasteiger partial charge in [-0.05, 0) is 31.2 Å². The lowest BCUT2D eigenvalue weighted by Gasteiger charge is -2.16. The molecule has 0 radical (unpaired) electrons. The molecule has 136 valence electrons. The molecule has 0 bridgehead atoms. The van der Waals surface area contributed by atoms with Crippen molar-refractivity contribution >= 4 is 27.7 Å². The number of sulfonamides is 1. The first-order chi connectivity index (χ1) is 11.8. The summed E-state index contributed by atoms with van der Waals surface area (Å²) in [5.41, 5.74) is 0. The number of hydrogen-bond donors (Lipinski definition) is 2. The second-order valence-electron chi connectivity index (χ2n) is 5.12. The van der Waals surface area contributed by atoms with Gasteiger partial charge >= 0.3 is 0 Å². The summed E-state index contributed by atoms with van der Waals surface area (Å²) in [5, 5.41) is 9.88. The standard InChI is InChI=1S/C14H18FN5O3S2/c1-10-17-14(19-18-10)24-8-7-16-13(21)9-20(2)25(22,23)12-5-3-11(15)4-6-12/h3-6H,7-9H2,1-2H3,(H,16,21)(H,17,18,19). The third kappa shape index (κ3) is 5.51. The van der Waals surface area contributed by atoms with Crippen LogP contribution in [0.15, 0.2) is 34.3 Å². The molecule has 11 heteroatoms. The Morgan fingerprint density at radius 1 is 1.36 bits per heavy atom. The summed E-state index contributed by atoms with van der Waals surface area (Å²) in [7, 11) is -2.55. The van der Waals surface area contributed by atoms with E-state index in [0.717, 1.165) is 28.6 Å². The Balaban J connectivity index is 1.79. The number of amides is 1. The number of hydrogen-bond acceptors (Lipinski definition) is 6. The van der Waals surface area contributed by atoms with Crippen LogP contribution in [0, 0.1) is 12.7 Å². The Labute approximate surface area is 149 Å². The molecule has 1 aromatic carbocycles. The van der Waals surface area contributed by atoms with E-state index in [1.807, 2.05) is 0 Å². The van der Waals surface area contributed by atoms with Crippen LogP contribution in [0.5, 0.6) is 0 Å². The first kappa shape index (κ1) is 19.3. The van der Waals surface area contributed by atoms with Crippen LogP contribution in [0.3, 0.4) is 0 Å². The highest BCUT2D eigenvalue weighted by Crippen LogP contribution is 2.14. The third-order valence-electron chi connectivity index (χ3n) is 3.12. The second-order valence-corrected chi connectivity index (χ2v) is 8.22. The highest BCUT2D eigenvalue weighted by atomic mass is 32.2. The minimum Gasteiger partial charge on any atom is -0.354 e. The summed E-state index contributed by atoms with van der Waals surface area (Å²) in [6, 6.07) is 4.44. The average molecular weight is 387 g/mol. The van der Waals surface area contributed by atoms with Crippen LogP contribution in [0.2, 0.25) is 0 Å². The van der Waals surface area contributed by atoms with E-state index in [9.17, 15) is 17.6 Å². The van der Waals surface area contributed by atoms with Gasteiger partial charge in [-0.15, -0.1) is 5.10 Å². The number of carbonyl (C=O) groups is 1. The maximum atomic E-state index is 12.9. The van der Waals surface area contributed by atoms with Crippen molar-refractivity contribution in [2.24, 2.45) is 0 Å². The Bertz CT molecular complexity index is 823. The number of halogens is 1. The number of thioether (sulfide) groups is 1. The lowest BCUT2D eigenvalue weighted by Crippen LogP contribution is -2.39. The SMILES string of the molecule is Cc1nc(SCCNC(=O)CN(C)S(=O)(=O)c2ccc(F)cc2)n[nH]1. The van der Waals surface area contributed by atoms with E-state index in [1.165, 1.54) is 18.8 Å². The number of nitrogens with one attached hydrogen (secondary N) is 2. The number of aromatic amines is 1. The number of H-pyrrole nitrogens is 1. The van der Waals surface area contributed by atoms with E-state index in [-0.39, 0.29) is 11.4 Å². The first-order valence-corrected chi connectivity index (χ1v) is 9.72. The molecule has 2 aromatic rings. The zero-order valence-corrected chi connectivity index (χ0v) is 15.3. The number of rotatable bonds is 8. The predicted molar refractivity (Wildman–Crippen MR) is 91.1 cm³/mol. The number of likely N-dealkylation sites (N-methyl/N-ethyl adjacent to an activating group) is 1. The largest absolute Gasteiger partial charge is 0.354 e. The lowest BCUT2D eigenvalue weighted by atomic mass is 10.4. The fourth-order valence-electron chi connectivity index (χ4n) is 1.85. The predicted octanol–water partition coefficient (Wildman–Crippen LogP) is 0.781. The fourth-order valence-corrected chi connectivity index (χ4v) is 3.67. The summed E-state index contributed by atoms with van der Waals surface area (Å²) in [6.07, 6.45) is 0. The van der Waals surface area contributed by atoms with E-state index in [2.05, 4.69) is 20.5 Å². The van der Waals surface area contributed by atoms with Crippen LogP contribution in [0.1, 0.15) is 5.82 Å². The number of benzene rings is 1. The molecular formula is C14H18FN5O3S2. The molecule has 2 rings (SSSR count). The van der Waals surface area contributed by atoms with Crippen molar-refractivity contribution in [3.63, 3.8) is 0 Å². The first-order valence-electron chi connectivity index (χ1n) is 7.29. The van der Waals surface area contributed by atoms with Crippen molar-refractivity contribution in [1.29, 1.82) is 0 Å². The van der Waals surface area contributed by atoms with Crippen molar-refractivity contribution in [1.82, 2.24) is 24.8 Å². The van der Waals surface area contributed by atoms with Gasteiger partial charge in [-0.25, -0.2) is 17.8 Å². The van der Waals surface area contributed by atoms with Gasteiger partial charge in [-0.2, -0.15) is 4.31 Å². The molecule has 0 atom stereocenters.